The Morgan fingerprint density at radius 2 is 1.93 bits per heavy atom. The maximum Gasteiger partial charge on any atom is 0.358 e. The topological polar surface area (TPSA) is 61.4 Å². The highest BCUT2D eigenvalue weighted by atomic mass is 16.5. The van der Waals surface area contributed by atoms with E-state index >= 15 is 0 Å². The van der Waals surface area contributed by atoms with Crippen LogP contribution in [0.3, 0.4) is 0 Å². The summed E-state index contributed by atoms with van der Waals surface area (Å²) in [5.74, 6) is -0.412. The smallest absolute Gasteiger partial charge is 0.358 e. The summed E-state index contributed by atoms with van der Waals surface area (Å²) >= 11 is 0. The molecule has 6 heteroatoms. The minimum absolute atomic E-state index is 0.311. The van der Waals surface area contributed by atoms with Crippen LogP contribution in [0.15, 0.2) is 61.2 Å². The second kappa shape index (κ2) is 7.75. The van der Waals surface area contributed by atoms with Gasteiger partial charge < -0.3 is 4.74 Å². The molecule has 3 heterocycles. The molecule has 0 bridgehead atoms. The van der Waals surface area contributed by atoms with Crippen molar-refractivity contribution in [3.8, 4) is 11.3 Å². The number of ether oxygens (including phenoxy) is 1. The lowest BCUT2D eigenvalue weighted by Crippen LogP contribution is -2.11. The van der Waals surface area contributed by atoms with E-state index in [-0.39, 0.29) is 0 Å². The van der Waals surface area contributed by atoms with Gasteiger partial charge in [-0.3, -0.25) is 4.68 Å². The minimum Gasteiger partial charge on any atom is -0.461 e. The third-order valence-corrected chi connectivity index (χ3v) is 4.74. The fourth-order valence-electron chi connectivity index (χ4n) is 3.30. The zero-order chi connectivity index (χ0) is 20.4. The van der Waals surface area contributed by atoms with Crippen LogP contribution in [0.1, 0.15) is 34.4 Å². The van der Waals surface area contributed by atoms with Crippen molar-refractivity contribution < 1.29 is 9.53 Å². The number of carbonyl (C=O) groups excluding carboxylic acids is 1. The van der Waals surface area contributed by atoms with Crippen molar-refractivity contribution in [3.63, 3.8) is 0 Å². The number of fused-ring (bicyclic) bond motifs is 1. The van der Waals surface area contributed by atoms with Crippen LogP contribution in [0.4, 0.5) is 0 Å². The van der Waals surface area contributed by atoms with E-state index in [1.54, 1.807) is 17.7 Å². The number of aromatic nitrogens is 4. The summed E-state index contributed by atoms with van der Waals surface area (Å²) in [6.07, 6.45) is 1.82. The first-order valence-electron chi connectivity index (χ1n) is 9.51. The molecule has 4 aromatic rings. The van der Waals surface area contributed by atoms with Gasteiger partial charge in [0.2, 0.25) is 0 Å². The fourth-order valence-corrected chi connectivity index (χ4v) is 3.30. The molecule has 0 aliphatic heterocycles. The van der Waals surface area contributed by atoms with Crippen LogP contribution >= 0.6 is 0 Å². The van der Waals surface area contributed by atoms with E-state index in [0.29, 0.717) is 18.8 Å². The van der Waals surface area contributed by atoms with Crippen molar-refractivity contribution in [2.24, 2.45) is 0 Å². The van der Waals surface area contributed by atoms with Gasteiger partial charge >= 0.3 is 5.97 Å². The number of pyridine rings is 1. The minimum atomic E-state index is -0.412. The SMILES string of the molecule is C=Cc1cc(Cn2nc(C(=O)OCC)cc2C)n2nc(-c3ccccc3)cc2c1. The largest absolute Gasteiger partial charge is 0.461 e. The summed E-state index contributed by atoms with van der Waals surface area (Å²) in [6.45, 7) is 8.39. The van der Waals surface area contributed by atoms with Gasteiger partial charge in [0.15, 0.2) is 5.69 Å². The summed E-state index contributed by atoms with van der Waals surface area (Å²) in [6, 6.07) is 18.0. The van der Waals surface area contributed by atoms with E-state index in [2.05, 4.69) is 23.8 Å². The molecule has 146 valence electrons. The second-order valence-corrected chi connectivity index (χ2v) is 6.77. The summed E-state index contributed by atoms with van der Waals surface area (Å²) in [5.41, 5.74) is 6.07. The lowest BCUT2D eigenvalue weighted by Gasteiger charge is -2.09. The molecule has 0 N–H and O–H groups in total. The highest BCUT2D eigenvalue weighted by molar-refractivity contribution is 5.87. The maximum absolute atomic E-state index is 12.0. The Hall–Kier alpha value is -3.67. The van der Waals surface area contributed by atoms with Crippen molar-refractivity contribution in [1.82, 2.24) is 19.4 Å². The lowest BCUT2D eigenvalue weighted by molar-refractivity contribution is 0.0518. The number of aryl methyl sites for hydroxylation is 1. The van der Waals surface area contributed by atoms with Crippen LogP contribution < -0.4 is 0 Å². The Labute approximate surface area is 169 Å². The zero-order valence-corrected chi connectivity index (χ0v) is 16.5. The van der Waals surface area contributed by atoms with Crippen molar-refractivity contribution >= 4 is 17.6 Å². The quantitative estimate of drug-likeness (QED) is 0.462. The molecule has 6 nitrogen and oxygen atoms in total. The van der Waals surface area contributed by atoms with E-state index in [9.17, 15) is 4.79 Å². The molecule has 0 spiro atoms. The van der Waals surface area contributed by atoms with Gasteiger partial charge in [0, 0.05) is 11.3 Å². The van der Waals surface area contributed by atoms with Gasteiger partial charge in [0.1, 0.15) is 0 Å². The molecule has 0 saturated heterocycles. The predicted octanol–water partition coefficient (Wildman–Crippen LogP) is 4.37. The maximum atomic E-state index is 12.0. The Balaban J connectivity index is 1.76. The molecule has 0 amide bonds. The second-order valence-electron chi connectivity index (χ2n) is 6.77. The summed E-state index contributed by atoms with van der Waals surface area (Å²) in [5, 5.41) is 9.23. The van der Waals surface area contributed by atoms with Gasteiger partial charge in [-0.1, -0.05) is 43.0 Å². The van der Waals surface area contributed by atoms with Crippen molar-refractivity contribution in [1.29, 1.82) is 0 Å². The predicted molar refractivity (Wildman–Crippen MR) is 113 cm³/mol. The standard InChI is InChI=1S/C23H22N4O2/c1-4-17-12-19-14-21(18-9-7-6-8-10-18)25-27(19)20(13-17)15-26-16(3)11-22(24-26)23(28)29-5-2/h4,6-14H,1,5,15H2,2-3H3. The van der Waals surface area contributed by atoms with E-state index < -0.39 is 5.97 Å². The monoisotopic (exact) mass is 386 g/mol. The van der Waals surface area contributed by atoms with Crippen molar-refractivity contribution in [2.45, 2.75) is 20.4 Å². The first kappa shape index (κ1) is 18.7. The van der Waals surface area contributed by atoms with Crippen LogP contribution in [0.25, 0.3) is 22.9 Å². The Morgan fingerprint density at radius 3 is 2.66 bits per heavy atom. The molecule has 0 aliphatic carbocycles. The number of benzene rings is 1. The molecule has 29 heavy (non-hydrogen) atoms. The number of carbonyl (C=O) groups is 1. The number of hydrogen-bond acceptors (Lipinski definition) is 4. The Bertz CT molecular complexity index is 1190. The van der Waals surface area contributed by atoms with E-state index in [4.69, 9.17) is 9.84 Å². The molecule has 0 radical (unpaired) electrons. The number of nitrogens with zero attached hydrogens (tertiary/aromatic N) is 4. The summed E-state index contributed by atoms with van der Waals surface area (Å²) in [7, 11) is 0. The Kier molecular flexibility index (Phi) is 4.99. The van der Waals surface area contributed by atoms with Crippen molar-refractivity contribution in [3.05, 3.63) is 83.8 Å². The van der Waals surface area contributed by atoms with Gasteiger partial charge in [-0.25, -0.2) is 9.31 Å². The van der Waals surface area contributed by atoms with Gasteiger partial charge in [0.25, 0.3) is 0 Å². The number of esters is 1. The molecule has 0 aliphatic rings. The number of hydrogen-bond donors (Lipinski definition) is 0. The third-order valence-electron chi connectivity index (χ3n) is 4.74. The molecule has 0 unspecified atom stereocenters. The summed E-state index contributed by atoms with van der Waals surface area (Å²) < 4.78 is 8.77. The molecule has 0 saturated carbocycles. The van der Waals surface area contributed by atoms with E-state index in [1.165, 1.54) is 0 Å². The molecule has 3 aromatic heterocycles. The van der Waals surface area contributed by atoms with Gasteiger partial charge in [-0.05, 0) is 43.7 Å². The number of rotatable bonds is 6. The third kappa shape index (κ3) is 3.69. The first-order chi connectivity index (χ1) is 14.1. The van der Waals surface area contributed by atoms with Crippen LogP contribution in [0, 0.1) is 6.92 Å². The van der Waals surface area contributed by atoms with E-state index in [0.717, 1.165) is 33.7 Å². The van der Waals surface area contributed by atoms with Crippen LogP contribution in [-0.4, -0.2) is 32.0 Å². The molecule has 4 rings (SSSR count). The zero-order valence-electron chi connectivity index (χ0n) is 16.5. The molecule has 0 atom stereocenters. The molecule has 1 aromatic carbocycles. The van der Waals surface area contributed by atoms with Gasteiger partial charge in [-0.2, -0.15) is 10.2 Å². The lowest BCUT2D eigenvalue weighted by atomic mass is 10.1. The molecule has 0 fully saturated rings. The normalized spacial score (nSPS) is 11.0. The molecular formula is C23H22N4O2. The first-order valence-corrected chi connectivity index (χ1v) is 9.51. The summed E-state index contributed by atoms with van der Waals surface area (Å²) in [4.78, 5) is 12.0. The van der Waals surface area contributed by atoms with Crippen LogP contribution in [0.5, 0.6) is 0 Å². The highest BCUT2D eigenvalue weighted by Gasteiger charge is 2.15. The fraction of sp³-hybridized carbons (Fsp3) is 0.174. The molecular weight excluding hydrogens is 364 g/mol. The average molecular weight is 386 g/mol. The van der Waals surface area contributed by atoms with Crippen LogP contribution in [0.2, 0.25) is 0 Å². The van der Waals surface area contributed by atoms with Gasteiger partial charge in [-0.15, -0.1) is 0 Å². The average Bonchev–Trinajstić information content (AvgIpc) is 3.33. The van der Waals surface area contributed by atoms with Crippen LogP contribution in [-0.2, 0) is 11.3 Å². The van der Waals surface area contributed by atoms with Gasteiger partial charge in [0.05, 0.1) is 30.1 Å². The highest BCUT2D eigenvalue weighted by Crippen LogP contribution is 2.22. The van der Waals surface area contributed by atoms with E-state index in [1.807, 2.05) is 53.9 Å². The van der Waals surface area contributed by atoms with Crippen molar-refractivity contribution in [2.75, 3.05) is 6.61 Å². The Morgan fingerprint density at radius 1 is 1.14 bits per heavy atom.